The van der Waals surface area contributed by atoms with Gasteiger partial charge in [0.15, 0.2) is 0 Å². The third-order valence-electron chi connectivity index (χ3n) is 4.40. The highest BCUT2D eigenvalue weighted by Gasteiger charge is 2.27. The van der Waals surface area contributed by atoms with Crippen molar-refractivity contribution in [3.8, 4) is 0 Å². The zero-order valence-electron chi connectivity index (χ0n) is 14.3. The molecule has 2 saturated heterocycles. The van der Waals surface area contributed by atoms with Crippen molar-refractivity contribution in [3.63, 3.8) is 0 Å². The number of nitrogens with zero attached hydrogens (tertiary/aromatic N) is 2. The van der Waals surface area contributed by atoms with E-state index in [1.54, 1.807) is 4.90 Å². The van der Waals surface area contributed by atoms with Crippen molar-refractivity contribution in [2.24, 2.45) is 5.92 Å². The molecule has 0 aromatic rings. The molecule has 2 aliphatic heterocycles. The van der Waals surface area contributed by atoms with Crippen LogP contribution in [0.15, 0.2) is 0 Å². The third kappa shape index (κ3) is 5.99. The maximum atomic E-state index is 12.2. The normalized spacial score (nSPS) is 20.6. The molecule has 0 radical (unpaired) electrons. The fraction of sp³-hybridized carbons (Fsp3) is 0.875. The fourth-order valence-electron chi connectivity index (χ4n) is 2.99. The molecule has 132 valence electrons. The molecule has 7 heteroatoms. The molecule has 23 heavy (non-hydrogen) atoms. The van der Waals surface area contributed by atoms with Crippen LogP contribution in [0.1, 0.15) is 26.7 Å². The highest BCUT2D eigenvalue weighted by atomic mass is 16.5. The smallest absolute Gasteiger partial charge is 0.317 e. The van der Waals surface area contributed by atoms with Crippen molar-refractivity contribution in [2.45, 2.75) is 32.7 Å². The van der Waals surface area contributed by atoms with Crippen LogP contribution < -0.4 is 10.6 Å². The summed E-state index contributed by atoms with van der Waals surface area (Å²) in [5.41, 5.74) is 0. The van der Waals surface area contributed by atoms with Gasteiger partial charge in [0.05, 0.1) is 13.2 Å². The molecular formula is C16H30N4O3. The van der Waals surface area contributed by atoms with E-state index in [4.69, 9.17) is 4.74 Å². The van der Waals surface area contributed by atoms with Crippen LogP contribution in [0.5, 0.6) is 0 Å². The predicted octanol–water partition coefficient (Wildman–Crippen LogP) is 0.265. The van der Waals surface area contributed by atoms with Gasteiger partial charge in [0.25, 0.3) is 0 Å². The first-order valence-corrected chi connectivity index (χ1v) is 8.69. The molecule has 2 fully saturated rings. The number of rotatable bonds is 5. The highest BCUT2D eigenvalue weighted by molar-refractivity contribution is 5.79. The SMILES string of the molecule is CC(C)NC(=O)N1CCC(C(=O)NCCN2CCOCC2)CC1. The molecule has 0 saturated carbocycles. The van der Waals surface area contributed by atoms with E-state index in [1.165, 1.54) is 0 Å². The van der Waals surface area contributed by atoms with E-state index >= 15 is 0 Å². The molecule has 0 spiro atoms. The Morgan fingerprint density at radius 2 is 1.78 bits per heavy atom. The topological polar surface area (TPSA) is 73.9 Å². The van der Waals surface area contributed by atoms with Gasteiger partial charge in [-0.2, -0.15) is 0 Å². The summed E-state index contributed by atoms with van der Waals surface area (Å²) in [5, 5.41) is 5.93. The Balaban J connectivity index is 1.62. The number of likely N-dealkylation sites (tertiary alicyclic amines) is 1. The summed E-state index contributed by atoms with van der Waals surface area (Å²) in [6.45, 7) is 10.2. The van der Waals surface area contributed by atoms with Crippen molar-refractivity contribution in [1.29, 1.82) is 0 Å². The average Bonchev–Trinajstić information content (AvgIpc) is 2.55. The first-order valence-electron chi connectivity index (χ1n) is 8.69. The largest absolute Gasteiger partial charge is 0.379 e. The minimum atomic E-state index is -0.0221. The Bertz CT molecular complexity index is 389. The molecule has 2 heterocycles. The first-order chi connectivity index (χ1) is 11.1. The van der Waals surface area contributed by atoms with Gasteiger partial charge in [-0.3, -0.25) is 9.69 Å². The van der Waals surface area contributed by atoms with E-state index in [-0.39, 0.29) is 23.9 Å². The Morgan fingerprint density at radius 1 is 1.13 bits per heavy atom. The predicted molar refractivity (Wildman–Crippen MR) is 88.2 cm³/mol. The lowest BCUT2D eigenvalue weighted by Gasteiger charge is -2.32. The maximum absolute atomic E-state index is 12.2. The molecule has 2 N–H and O–H groups in total. The van der Waals surface area contributed by atoms with E-state index in [1.807, 2.05) is 13.8 Å². The van der Waals surface area contributed by atoms with Crippen LogP contribution in [0.2, 0.25) is 0 Å². The lowest BCUT2D eigenvalue weighted by atomic mass is 9.96. The summed E-state index contributed by atoms with van der Waals surface area (Å²) in [6.07, 6.45) is 1.49. The summed E-state index contributed by atoms with van der Waals surface area (Å²) in [4.78, 5) is 28.3. The molecule has 2 aliphatic rings. The molecule has 0 bridgehead atoms. The Morgan fingerprint density at radius 3 is 2.39 bits per heavy atom. The van der Waals surface area contributed by atoms with Crippen molar-refractivity contribution in [2.75, 3.05) is 52.5 Å². The average molecular weight is 326 g/mol. The van der Waals surface area contributed by atoms with Crippen LogP contribution in [0.3, 0.4) is 0 Å². The second kappa shape index (κ2) is 9.08. The van der Waals surface area contributed by atoms with E-state index < -0.39 is 0 Å². The van der Waals surface area contributed by atoms with Crippen molar-refractivity contribution in [3.05, 3.63) is 0 Å². The zero-order chi connectivity index (χ0) is 16.7. The lowest BCUT2D eigenvalue weighted by Crippen LogP contribution is -2.49. The highest BCUT2D eigenvalue weighted by Crippen LogP contribution is 2.17. The number of morpholine rings is 1. The summed E-state index contributed by atoms with van der Waals surface area (Å²) in [5.74, 6) is 0.157. The van der Waals surface area contributed by atoms with E-state index in [0.717, 1.165) is 45.7 Å². The van der Waals surface area contributed by atoms with Crippen molar-refractivity contribution >= 4 is 11.9 Å². The number of piperidine rings is 1. The second-order valence-corrected chi connectivity index (χ2v) is 6.61. The number of hydrogen-bond acceptors (Lipinski definition) is 4. The van der Waals surface area contributed by atoms with Crippen molar-refractivity contribution in [1.82, 2.24) is 20.4 Å². The van der Waals surface area contributed by atoms with Gasteiger partial charge in [-0.15, -0.1) is 0 Å². The van der Waals surface area contributed by atoms with Gasteiger partial charge in [0, 0.05) is 51.2 Å². The van der Waals surface area contributed by atoms with Crippen LogP contribution in [-0.2, 0) is 9.53 Å². The molecule has 0 atom stereocenters. The van der Waals surface area contributed by atoms with Crippen LogP contribution in [0, 0.1) is 5.92 Å². The summed E-state index contributed by atoms with van der Waals surface area (Å²) < 4.78 is 5.31. The minimum Gasteiger partial charge on any atom is -0.379 e. The molecule has 7 nitrogen and oxygen atoms in total. The molecule has 0 aromatic heterocycles. The van der Waals surface area contributed by atoms with Crippen LogP contribution >= 0.6 is 0 Å². The number of amides is 3. The van der Waals surface area contributed by atoms with Crippen LogP contribution in [-0.4, -0.2) is 80.3 Å². The maximum Gasteiger partial charge on any atom is 0.317 e. The van der Waals surface area contributed by atoms with Crippen molar-refractivity contribution < 1.29 is 14.3 Å². The van der Waals surface area contributed by atoms with Gasteiger partial charge >= 0.3 is 6.03 Å². The molecule has 2 rings (SSSR count). The van der Waals surface area contributed by atoms with Gasteiger partial charge in [-0.1, -0.05) is 0 Å². The van der Waals surface area contributed by atoms with E-state index in [2.05, 4.69) is 15.5 Å². The number of nitrogens with one attached hydrogen (secondary N) is 2. The van der Waals surface area contributed by atoms with Gasteiger partial charge in [-0.25, -0.2) is 4.79 Å². The van der Waals surface area contributed by atoms with E-state index in [9.17, 15) is 9.59 Å². The number of ether oxygens (including phenoxy) is 1. The lowest BCUT2D eigenvalue weighted by molar-refractivity contribution is -0.126. The standard InChI is InChI=1S/C16H30N4O3/c1-13(2)18-16(22)20-6-3-14(4-7-20)15(21)17-5-8-19-9-11-23-12-10-19/h13-14H,3-12H2,1-2H3,(H,17,21)(H,18,22). The Hall–Kier alpha value is -1.34. The Kier molecular flexibility index (Phi) is 7.11. The zero-order valence-corrected chi connectivity index (χ0v) is 14.3. The second-order valence-electron chi connectivity index (χ2n) is 6.61. The molecule has 0 unspecified atom stereocenters. The van der Waals surface area contributed by atoms with Crippen LogP contribution in [0.25, 0.3) is 0 Å². The third-order valence-corrected chi connectivity index (χ3v) is 4.40. The first kappa shape index (κ1) is 18.0. The minimum absolute atomic E-state index is 0.0221. The molecule has 0 aromatic carbocycles. The summed E-state index contributed by atoms with van der Waals surface area (Å²) >= 11 is 0. The number of carbonyl (C=O) groups is 2. The van der Waals surface area contributed by atoms with Gasteiger partial charge in [-0.05, 0) is 26.7 Å². The van der Waals surface area contributed by atoms with Crippen LogP contribution in [0.4, 0.5) is 4.79 Å². The number of urea groups is 1. The monoisotopic (exact) mass is 326 g/mol. The Labute approximate surface area is 138 Å². The van der Waals surface area contributed by atoms with Gasteiger partial charge in [0.1, 0.15) is 0 Å². The summed E-state index contributed by atoms with van der Waals surface area (Å²) in [6, 6.07) is 0.120. The van der Waals surface area contributed by atoms with Gasteiger partial charge < -0.3 is 20.3 Å². The summed E-state index contributed by atoms with van der Waals surface area (Å²) in [7, 11) is 0. The quantitative estimate of drug-likeness (QED) is 0.760. The molecule has 0 aliphatic carbocycles. The number of carbonyl (C=O) groups excluding carboxylic acids is 2. The van der Waals surface area contributed by atoms with Gasteiger partial charge in [0.2, 0.25) is 5.91 Å². The fourth-order valence-corrected chi connectivity index (χ4v) is 2.99. The van der Waals surface area contributed by atoms with E-state index in [0.29, 0.717) is 19.6 Å². The number of hydrogen-bond donors (Lipinski definition) is 2. The molecular weight excluding hydrogens is 296 g/mol. The molecule has 3 amide bonds.